The molecule has 5 nitrogen and oxygen atoms in total. The van der Waals surface area contributed by atoms with Crippen molar-refractivity contribution in [3.05, 3.63) is 29.6 Å². The Balaban J connectivity index is 2.06. The van der Waals surface area contributed by atoms with Crippen LogP contribution in [-0.4, -0.2) is 46.9 Å². The van der Waals surface area contributed by atoms with Crippen LogP contribution in [0.1, 0.15) is 12.0 Å². The highest BCUT2D eigenvalue weighted by Crippen LogP contribution is 2.20. The molecule has 1 aromatic rings. The number of carbonyl (C=O) groups is 1. The van der Waals surface area contributed by atoms with Crippen LogP contribution in [0.5, 0.6) is 5.75 Å². The van der Waals surface area contributed by atoms with Crippen molar-refractivity contribution in [2.45, 2.75) is 19.0 Å². The Morgan fingerprint density at radius 2 is 2.32 bits per heavy atom. The number of aliphatic carboxylic acids is 1. The lowest BCUT2D eigenvalue weighted by Crippen LogP contribution is -2.45. The fraction of sp³-hybridized carbons (Fsp3) is 0.462. The number of nitrogens with zero attached hydrogens (tertiary/aromatic N) is 1. The summed E-state index contributed by atoms with van der Waals surface area (Å²) in [5, 5.41) is 18.0. The summed E-state index contributed by atoms with van der Waals surface area (Å²) in [5.74, 6) is -1.93. The lowest BCUT2D eigenvalue weighted by Gasteiger charge is -2.34. The zero-order valence-corrected chi connectivity index (χ0v) is 10.4. The van der Waals surface area contributed by atoms with Crippen molar-refractivity contribution in [1.82, 2.24) is 4.90 Å². The van der Waals surface area contributed by atoms with Crippen molar-refractivity contribution in [1.29, 1.82) is 0 Å². The molecular weight excluding hydrogens is 253 g/mol. The fourth-order valence-corrected chi connectivity index (χ4v) is 2.17. The van der Waals surface area contributed by atoms with Crippen molar-refractivity contribution >= 4 is 5.97 Å². The molecule has 104 valence electrons. The highest BCUT2D eigenvalue weighted by molar-refractivity contribution is 5.67. The largest absolute Gasteiger partial charge is 0.505 e. The molecule has 1 atom stereocenters. The van der Waals surface area contributed by atoms with Gasteiger partial charge in [0.2, 0.25) is 0 Å². The number of morpholine rings is 1. The molecule has 2 N–H and O–H groups in total. The topological polar surface area (TPSA) is 70.0 Å². The fourth-order valence-electron chi connectivity index (χ4n) is 2.17. The average Bonchev–Trinajstić information content (AvgIpc) is 2.36. The van der Waals surface area contributed by atoms with E-state index in [-0.39, 0.29) is 18.2 Å². The minimum absolute atomic E-state index is 0.000561. The van der Waals surface area contributed by atoms with Gasteiger partial charge in [0.25, 0.3) is 0 Å². The van der Waals surface area contributed by atoms with Crippen LogP contribution in [0.4, 0.5) is 4.39 Å². The molecule has 0 spiro atoms. The van der Waals surface area contributed by atoms with Gasteiger partial charge in [-0.15, -0.1) is 0 Å². The van der Waals surface area contributed by atoms with Gasteiger partial charge in [0, 0.05) is 19.1 Å². The number of hydrogen-bond donors (Lipinski definition) is 2. The summed E-state index contributed by atoms with van der Waals surface area (Å²) in [7, 11) is 0. The Morgan fingerprint density at radius 1 is 1.53 bits per heavy atom. The Kier molecular flexibility index (Phi) is 4.34. The molecule has 1 fully saturated rings. The second-order valence-corrected chi connectivity index (χ2v) is 4.58. The van der Waals surface area contributed by atoms with Gasteiger partial charge in [-0.05, 0) is 17.7 Å². The predicted molar refractivity (Wildman–Crippen MR) is 65.3 cm³/mol. The van der Waals surface area contributed by atoms with Gasteiger partial charge in [-0.1, -0.05) is 6.07 Å². The van der Waals surface area contributed by atoms with Crippen LogP contribution < -0.4 is 0 Å². The Morgan fingerprint density at radius 3 is 3.00 bits per heavy atom. The summed E-state index contributed by atoms with van der Waals surface area (Å²) in [4.78, 5) is 12.8. The van der Waals surface area contributed by atoms with Crippen LogP contribution in [-0.2, 0) is 16.1 Å². The molecule has 1 heterocycles. The smallest absolute Gasteiger partial charge is 0.305 e. The second kappa shape index (κ2) is 5.99. The van der Waals surface area contributed by atoms with Crippen molar-refractivity contribution in [3.63, 3.8) is 0 Å². The van der Waals surface area contributed by atoms with Gasteiger partial charge in [-0.3, -0.25) is 9.69 Å². The van der Waals surface area contributed by atoms with E-state index >= 15 is 0 Å². The number of carboxylic acid groups (broad SMARTS) is 1. The number of carboxylic acids is 1. The molecule has 6 heteroatoms. The molecule has 0 amide bonds. The van der Waals surface area contributed by atoms with Gasteiger partial charge in [0.05, 0.1) is 19.6 Å². The van der Waals surface area contributed by atoms with Gasteiger partial charge in [0.1, 0.15) is 0 Å². The molecule has 1 aliphatic heterocycles. The van der Waals surface area contributed by atoms with E-state index in [1.54, 1.807) is 6.07 Å². The first-order chi connectivity index (χ1) is 9.06. The summed E-state index contributed by atoms with van der Waals surface area (Å²) in [6, 6.07) is 3.99. The first kappa shape index (κ1) is 13.8. The molecule has 0 bridgehead atoms. The number of rotatable bonds is 4. The van der Waals surface area contributed by atoms with Crippen LogP contribution in [0.2, 0.25) is 0 Å². The van der Waals surface area contributed by atoms with E-state index in [9.17, 15) is 9.18 Å². The van der Waals surface area contributed by atoms with E-state index in [0.717, 1.165) is 0 Å². The molecule has 2 rings (SSSR count). The molecule has 1 aromatic carbocycles. The third-order valence-electron chi connectivity index (χ3n) is 3.16. The highest BCUT2D eigenvalue weighted by atomic mass is 19.1. The summed E-state index contributed by atoms with van der Waals surface area (Å²) in [5.41, 5.74) is 0.701. The summed E-state index contributed by atoms with van der Waals surface area (Å²) >= 11 is 0. The third kappa shape index (κ3) is 3.65. The van der Waals surface area contributed by atoms with E-state index < -0.39 is 11.8 Å². The second-order valence-electron chi connectivity index (χ2n) is 4.58. The van der Waals surface area contributed by atoms with Crippen LogP contribution in [0, 0.1) is 5.82 Å². The minimum atomic E-state index is -0.877. The molecular formula is C13H16FNO4. The number of benzene rings is 1. The SMILES string of the molecule is O=C(O)CC1COCCN1Cc1ccc(O)c(F)c1. The molecule has 0 radical (unpaired) electrons. The Bertz CT molecular complexity index is 466. The first-order valence-electron chi connectivity index (χ1n) is 6.07. The predicted octanol–water partition coefficient (Wildman–Crippen LogP) is 1.21. The van der Waals surface area contributed by atoms with Gasteiger partial charge < -0.3 is 14.9 Å². The van der Waals surface area contributed by atoms with E-state index in [2.05, 4.69) is 0 Å². The molecule has 19 heavy (non-hydrogen) atoms. The number of phenolic OH excluding ortho intramolecular Hbond substituents is 1. The molecule has 1 aliphatic rings. The minimum Gasteiger partial charge on any atom is -0.505 e. The van der Waals surface area contributed by atoms with Crippen LogP contribution in [0.15, 0.2) is 18.2 Å². The molecule has 1 unspecified atom stereocenters. The number of phenols is 1. The molecule has 1 saturated heterocycles. The normalized spacial score (nSPS) is 20.4. The standard InChI is InChI=1S/C13H16FNO4/c14-11-5-9(1-2-12(11)16)7-15-3-4-19-8-10(15)6-13(17)18/h1-2,5,10,16H,3-4,6-8H2,(H,17,18). The van der Waals surface area contributed by atoms with Gasteiger partial charge in [0.15, 0.2) is 11.6 Å². The van der Waals surface area contributed by atoms with E-state index in [1.807, 2.05) is 4.90 Å². The van der Waals surface area contributed by atoms with Crippen molar-refractivity contribution in [2.24, 2.45) is 0 Å². The average molecular weight is 269 g/mol. The summed E-state index contributed by atoms with van der Waals surface area (Å²) in [6.45, 7) is 1.96. The van der Waals surface area contributed by atoms with Gasteiger partial charge in [-0.2, -0.15) is 0 Å². The number of halogens is 1. The number of hydrogen-bond acceptors (Lipinski definition) is 4. The van der Waals surface area contributed by atoms with Crippen LogP contribution >= 0.6 is 0 Å². The van der Waals surface area contributed by atoms with E-state index in [4.69, 9.17) is 14.9 Å². The van der Waals surface area contributed by atoms with Gasteiger partial charge >= 0.3 is 5.97 Å². The van der Waals surface area contributed by atoms with Crippen molar-refractivity contribution in [3.8, 4) is 5.75 Å². The lowest BCUT2D eigenvalue weighted by molar-refractivity contribution is -0.140. The zero-order chi connectivity index (χ0) is 13.8. The maximum atomic E-state index is 13.3. The molecule has 0 aliphatic carbocycles. The zero-order valence-electron chi connectivity index (χ0n) is 10.4. The molecule has 0 aromatic heterocycles. The molecule has 0 saturated carbocycles. The maximum Gasteiger partial charge on any atom is 0.305 e. The lowest BCUT2D eigenvalue weighted by atomic mass is 10.1. The Labute approximate surface area is 110 Å². The van der Waals surface area contributed by atoms with Crippen molar-refractivity contribution in [2.75, 3.05) is 19.8 Å². The van der Waals surface area contributed by atoms with Gasteiger partial charge in [-0.25, -0.2) is 4.39 Å². The van der Waals surface area contributed by atoms with E-state index in [1.165, 1.54) is 12.1 Å². The third-order valence-corrected chi connectivity index (χ3v) is 3.16. The number of ether oxygens (including phenoxy) is 1. The van der Waals surface area contributed by atoms with Crippen molar-refractivity contribution < 1.29 is 24.1 Å². The van der Waals surface area contributed by atoms with Crippen LogP contribution in [0.25, 0.3) is 0 Å². The first-order valence-corrected chi connectivity index (χ1v) is 6.07. The monoisotopic (exact) mass is 269 g/mol. The quantitative estimate of drug-likeness (QED) is 0.859. The van der Waals surface area contributed by atoms with Crippen LogP contribution in [0.3, 0.4) is 0 Å². The van der Waals surface area contributed by atoms with E-state index in [0.29, 0.717) is 31.9 Å². The Hall–Kier alpha value is -1.66. The summed E-state index contributed by atoms with van der Waals surface area (Å²) in [6.07, 6.45) is 0.000561. The summed E-state index contributed by atoms with van der Waals surface area (Å²) < 4.78 is 18.5. The highest BCUT2D eigenvalue weighted by Gasteiger charge is 2.25. The number of aromatic hydroxyl groups is 1. The maximum absolute atomic E-state index is 13.3.